The maximum absolute atomic E-state index is 12.9. The van der Waals surface area contributed by atoms with Gasteiger partial charge in [0, 0.05) is 48.7 Å². The van der Waals surface area contributed by atoms with Crippen LogP contribution in [0.25, 0.3) is 11.4 Å². The molecule has 1 fully saturated rings. The molecule has 0 bridgehead atoms. The molecule has 1 saturated heterocycles. The van der Waals surface area contributed by atoms with E-state index in [4.69, 9.17) is 15.2 Å². The number of anilines is 2. The zero-order valence-electron chi connectivity index (χ0n) is 20.0. The molecule has 4 rings (SSSR count). The highest BCUT2D eigenvalue weighted by Gasteiger charge is 2.24. The maximum atomic E-state index is 12.9. The minimum Gasteiger partial charge on any atom is -0.354 e. The second-order valence-corrected chi connectivity index (χ2v) is 8.84. The van der Waals surface area contributed by atoms with Crippen molar-refractivity contribution >= 4 is 17.5 Å². The van der Waals surface area contributed by atoms with Gasteiger partial charge in [-0.15, -0.1) is 0 Å². The third kappa shape index (κ3) is 5.18. The molecule has 2 heterocycles. The molecule has 0 saturated carbocycles. The van der Waals surface area contributed by atoms with Crippen LogP contribution in [0.3, 0.4) is 0 Å². The number of hydrogen-bond acceptors (Lipinski definition) is 5. The van der Waals surface area contributed by atoms with E-state index in [1.54, 1.807) is 24.3 Å². The lowest BCUT2D eigenvalue weighted by atomic mass is 10.0. The first kappa shape index (κ1) is 23.2. The average Bonchev–Trinajstić information content (AvgIpc) is 3.10. The van der Waals surface area contributed by atoms with Gasteiger partial charge in [0.1, 0.15) is 5.82 Å². The normalized spacial score (nSPS) is 14.0. The molecular weight excluding hydrogens is 424 g/mol. The molecular formula is C27H30N6O. The van der Waals surface area contributed by atoms with Gasteiger partial charge in [-0.3, -0.25) is 0 Å². The van der Waals surface area contributed by atoms with Gasteiger partial charge in [0.05, 0.1) is 11.6 Å². The summed E-state index contributed by atoms with van der Waals surface area (Å²) in [5.74, 6) is 1.98. The Morgan fingerprint density at radius 3 is 2.56 bits per heavy atom. The number of carbonyl (C=O) groups excluding carboxylic acids is 1. The highest BCUT2D eigenvalue weighted by Crippen LogP contribution is 2.31. The zero-order valence-corrected chi connectivity index (χ0v) is 20.0. The van der Waals surface area contributed by atoms with E-state index >= 15 is 0 Å². The number of benzene rings is 2. The van der Waals surface area contributed by atoms with E-state index in [-0.39, 0.29) is 11.9 Å². The number of hydrogen-bond donors (Lipinski definition) is 1. The third-order valence-corrected chi connectivity index (χ3v) is 6.05. The Labute approximate surface area is 201 Å². The number of amides is 2. The quantitative estimate of drug-likeness (QED) is 0.586. The summed E-state index contributed by atoms with van der Waals surface area (Å²) in [7, 11) is 0. The number of nitrogens with zero attached hydrogens (tertiary/aromatic N) is 5. The number of rotatable bonds is 4. The van der Waals surface area contributed by atoms with Gasteiger partial charge in [-0.25, -0.2) is 14.8 Å². The summed E-state index contributed by atoms with van der Waals surface area (Å²) in [4.78, 5) is 26.9. The molecule has 7 heteroatoms. The Kier molecular flexibility index (Phi) is 7.07. The topological polar surface area (TPSA) is 85.2 Å². The summed E-state index contributed by atoms with van der Waals surface area (Å²) >= 11 is 0. The molecule has 7 nitrogen and oxygen atoms in total. The van der Waals surface area contributed by atoms with Gasteiger partial charge in [0.25, 0.3) is 0 Å². The smallest absolute Gasteiger partial charge is 0.321 e. The number of nitriles is 1. The summed E-state index contributed by atoms with van der Waals surface area (Å²) in [6.45, 7) is 9.15. The van der Waals surface area contributed by atoms with Gasteiger partial charge in [0.15, 0.2) is 5.82 Å². The summed E-state index contributed by atoms with van der Waals surface area (Å²) in [6.07, 6.45) is 0.840. The van der Waals surface area contributed by atoms with E-state index in [9.17, 15) is 4.79 Å². The number of aryl methyl sites for hydroxylation is 1. The van der Waals surface area contributed by atoms with Gasteiger partial charge >= 0.3 is 6.03 Å². The second kappa shape index (κ2) is 10.3. The van der Waals surface area contributed by atoms with Crippen molar-refractivity contribution in [3.63, 3.8) is 0 Å². The van der Waals surface area contributed by atoms with Gasteiger partial charge in [-0.1, -0.05) is 50.2 Å². The molecule has 1 N–H and O–H groups in total. The van der Waals surface area contributed by atoms with Crippen LogP contribution in [0.4, 0.5) is 16.3 Å². The van der Waals surface area contributed by atoms with E-state index in [0.717, 1.165) is 41.4 Å². The lowest BCUT2D eigenvalue weighted by molar-refractivity contribution is 0.215. The highest BCUT2D eigenvalue weighted by atomic mass is 16.2. The van der Waals surface area contributed by atoms with E-state index in [1.165, 1.54) is 0 Å². The van der Waals surface area contributed by atoms with Crippen LogP contribution in [0.1, 0.15) is 43.0 Å². The SMILES string of the molecule is Cc1nc(-c2ccccc2)nc(N2CCCN(C(=O)Nc3cccc(C#N)c3)CC2)c1C(C)C. The fourth-order valence-corrected chi connectivity index (χ4v) is 4.40. The van der Waals surface area contributed by atoms with Crippen molar-refractivity contribution in [2.24, 2.45) is 0 Å². The van der Waals surface area contributed by atoms with Crippen LogP contribution in [0.2, 0.25) is 0 Å². The van der Waals surface area contributed by atoms with Crippen LogP contribution in [-0.4, -0.2) is 47.1 Å². The van der Waals surface area contributed by atoms with Crippen molar-refractivity contribution in [3.05, 3.63) is 71.4 Å². The molecule has 1 aliphatic heterocycles. The van der Waals surface area contributed by atoms with Crippen LogP contribution >= 0.6 is 0 Å². The first-order valence-corrected chi connectivity index (χ1v) is 11.7. The largest absolute Gasteiger partial charge is 0.354 e. The van der Waals surface area contributed by atoms with Crippen molar-refractivity contribution in [1.29, 1.82) is 5.26 Å². The third-order valence-electron chi connectivity index (χ3n) is 6.05. The molecule has 1 aromatic heterocycles. The predicted octanol–water partition coefficient (Wildman–Crippen LogP) is 5.19. The van der Waals surface area contributed by atoms with Crippen molar-refractivity contribution in [2.75, 3.05) is 36.4 Å². The summed E-state index contributed by atoms with van der Waals surface area (Å²) in [6, 6.07) is 19.0. The Bertz CT molecular complexity index is 1200. The molecule has 34 heavy (non-hydrogen) atoms. The average molecular weight is 455 g/mol. The summed E-state index contributed by atoms with van der Waals surface area (Å²) in [5.41, 5.74) is 4.30. The number of nitrogens with one attached hydrogen (secondary N) is 1. The molecule has 1 aliphatic rings. The van der Waals surface area contributed by atoms with E-state index in [0.29, 0.717) is 30.9 Å². The first-order chi connectivity index (χ1) is 16.5. The molecule has 174 valence electrons. The Balaban J connectivity index is 1.55. The Morgan fingerprint density at radius 2 is 1.82 bits per heavy atom. The Hall–Kier alpha value is -3.92. The second-order valence-electron chi connectivity index (χ2n) is 8.84. The van der Waals surface area contributed by atoms with E-state index in [1.807, 2.05) is 35.2 Å². The van der Waals surface area contributed by atoms with Crippen LogP contribution in [-0.2, 0) is 0 Å². The van der Waals surface area contributed by atoms with Crippen LogP contribution < -0.4 is 10.2 Å². The van der Waals surface area contributed by atoms with Gasteiger partial charge in [-0.2, -0.15) is 5.26 Å². The molecule has 0 atom stereocenters. The predicted molar refractivity (Wildman–Crippen MR) is 135 cm³/mol. The lowest BCUT2D eigenvalue weighted by Crippen LogP contribution is -2.38. The molecule has 0 unspecified atom stereocenters. The maximum Gasteiger partial charge on any atom is 0.321 e. The molecule has 2 amide bonds. The number of urea groups is 1. The van der Waals surface area contributed by atoms with Gasteiger partial charge < -0.3 is 15.1 Å². The van der Waals surface area contributed by atoms with Crippen molar-refractivity contribution in [1.82, 2.24) is 14.9 Å². The minimum absolute atomic E-state index is 0.148. The van der Waals surface area contributed by atoms with Crippen molar-refractivity contribution in [3.8, 4) is 17.5 Å². The molecule has 2 aromatic carbocycles. The Morgan fingerprint density at radius 1 is 1.03 bits per heavy atom. The fourth-order valence-electron chi connectivity index (χ4n) is 4.40. The zero-order chi connectivity index (χ0) is 24.1. The monoisotopic (exact) mass is 454 g/mol. The van der Waals surface area contributed by atoms with Crippen molar-refractivity contribution < 1.29 is 4.79 Å². The van der Waals surface area contributed by atoms with Crippen molar-refractivity contribution in [2.45, 2.75) is 33.1 Å². The van der Waals surface area contributed by atoms with Crippen LogP contribution in [0.15, 0.2) is 54.6 Å². The van der Waals surface area contributed by atoms with Gasteiger partial charge in [-0.05, 0) is 37.5 Å². The highest BCUT2D eigenvalue weighted by molar-refractivity contribution is 5.89. The first-order valence-electron chi connectivity index (χ1n) is 11.7. The molecule has 0 spiro atoms. The molecule has 0 radical (unpaired) electrons. The lowest BCUT2D eigenvalue weighted by Gasteiger charge is -2.27. The molecule has 0 aliphatic carbocycles. The van der Waals surface area contributed by atoms with Crippen LogP contribution in [0, 0.1) is 18.3 Å². The van der Waals surface area contributed by atoms with E-state index < -0.39 is 0 Å². The minimum atomic E-state index is -0.148. The summed E-state index contributed by atoms with van der Waals surface area (Å²) in [5, 5.41) is 12.0. The van der Waals surface area contributed by atoms with E-state index in [2.05, 4.69) is 37.1 Å². The fraction of sp³-hybridized carbons (Fsp3) is 0.333. The molecule has 3 aromatic rings. The number of carbonyl (C=O) groups is 1. The summed E-state index contributed by atoms with van der Waals surface area (Å²) < 4.78 is 0. The standard InChI is InChI=1S/C27H30N6O/c1-19(2)24-20(3)29-25(22-10-5-4-6-11-22)31-26(24)32-13-8-14-33(16-15-32)27(34)30-23-12-7-9-21(17-23)18-28/h4-7,9-12,17,19H,8,13-16H2,1-3H3,(H,30,34). The van der Waals surface area contributed by atoms with Gasteiger partial charge in [0.2, 0.25) is 0 Å². The van der Waals surface area contributed by atoms with Crippen LogP contribution in [0.5, 0.6) is 0 Å². The number of aromatic nitrogens is 2.